The Morgan fingerprint density at radius 1 is 1.26 bits per heavy atom. The third-order valence-corrected chi connectivity index (χ3v) is 3.26. The third-order valence-electron chi connectivity index (χ3n) is 2.92. The van der Waals surface area contributed by atoms with Crippen LogP contribution in [0.15, 0.2) is 24.3 Å². The Kier molecular flexibility index (Phi) is 10.2. The Balaban J connectivity index is 0.000000972. The van der Waals surface area contributed by atoms with Gasteiger partial charge in [-0.3, -0.25) is 9.59 Å². The number of aliphatic carboxylic acids is 1. The molecule has 0 fully saturated rings. The van der Waals surface area contributed by atoms with Gasteiger partial charge in [0.05, 0.1) is 19.6 Å². The molecule has 0 heterocycles. The highest BCUT2D eigenvalue weighted by Crippen LogP contribution is 2.22. The van der Waals surface area contributed by atoms with Gasteiger partial charge < -0.3 is 24.8 Å². The van der Waals surface area contributed by atoms with Crippen LogP contribution in [0.4, 0.5) is 9.59 Å². The predicted octanol–water partition coefficient (Wildman–Crippen LogP) is 3.64. The number of carboxylic acid groups (broad SMARTS) is 1. The number of hydrogen-bond acceptors (Lipinski definition) is 5. The van der Waals surface area contributed by atoms with Crippen LogP contribution < -0.4 is 10.1 Å². The second kappa shape index (κ2) is 11.3. The van der Waals surface area contributed by atoms with Gasteiger partial charge in [-0.2, -0.15) is 0 Å². The maximum Gasteiger partial charge on any atom is 0.408 e. The number of nitrogens with zero attached hydrogens (tertiary/aromatic N) is 1. The molecule has 2 N–H and O–H groups in total. The van der Waals surface area contributed by atoms with E-state index in [1.165, 1.54) is 12.0 Å². The summed E-state index contributed by atoms with van der Waals surface area (Å²) < 4.78 is 10.3. The molecule has 2 amide bonds. The van der Waals surface area contributed by atoms with E-state index in [0.29, 0.717) is 11.3 Å². The summed E-state index contributed by atoms with van der Waals surface area (Å²) in [6.07, 6.45) is -0.900. The van der Waals surface area contributed by atoms with Crippen LogP contribution in [0.2, 0.25) is 0 Å². The molecule has 8 nitrogen and oxygen atoms in total. The van der Waals surface area contributed by atoms with Crippen LogP contribution in [0.1, 0.15) is 38.8 Å². The number of methoxy groups -OCH3 is 1. The molecule has 0 aliphatic rings. The second-order valence-corrected chi connectivity index (χ2v) is 7.04. The van der Waals surface area contributed by atoms with Crippen LogP contribution in [0, 0.1) is 0 Å². The fourth-order valence-electron chi connectivity index (χ4n) is 1.73. The molecule has 0 aromatic heterocycles. The molecule has 27 heavy (non-hydrogen) atoms. The fraction of sp³-hybridized carbons (Fsp3) is 0.500. The molecule has 1 aromatic rings. The SMILES string of the molecule is CN(C)C(=O)Cl.COc1cccc(C(CC(=O)O)NC(=O)OC(C)(C)C)c1. The standard InChI is InChI=1S/C15H21NO5.C3H6ClNO/c1-15(2,3)21-14(19)16-12(9-13(17)18)10-6-5-7-11(8-10)20-4;1-5(2)3(4)6/h5-8,12H,9H2,1-4H3,(H,16,19)(H,17,18);1-2H3. The number of alkyl carbamates (subject to hydrolysis) is 1. The van der Waals surface area contributed by atoms with E-state index in [0.717, 1.165) is 0 Å². The quantitative estimate of drug-likeness (QED) is 0.575. The van der Waals surface area contributed by atoms with Gasteiger partial charge in [0, 0.05) is 14.1 Å². The van der Waals surface area contributed by atoms with Crippen molar-refractivity contribution in [3.63, 3.8) is 0 Å². The number of amides is 2. The van der Waals surface area contributed by atoms with Crippen molar-refractivity contribution in [2.45, 2.75) is 38.8 Å². The molecule has 152 valence electrons. The van der Waals surface area contributed by atoms with Gasteiger partial charge in [0.15, 0.2) is 0 Å². The van der Waals surface area contributed by atoms with Crippen molar-refractivity contribution >= 4 is 29.0 Å². The lowest BCUT2D eigenvalue weighted by Gasteiger charge is -2.23. The zero-order valence-electron chi connectivity index (χ0n) is 16.4. The van der Waals surface area contributed by atoms with Crippen molar-refractivity contribution in [1.82, 2.24) is 10.2 Å². The van der Waals surface area contributed by atoms with Crippen LogP contribution in [0.25, 0.3) is 0 Å². The zero-order valence-corrected chi connectivity index (χ0v) is 17.2. The van der Waals surface area contributed by atoms with Crippen molar-refractivity contribution in [3.05, 3.63) is 29.8 Å². The van der Waals surface area contributed by atoms with Gasteiger partial charge in [-0.05, 0) is 50.1 Å². The van der Waals surface area contributed by atoms with Gasteiger partial charge in [-0.25, -0.2) is 4.79 Å². The number of hydrogen-bond donors (Lipinski definition) is 2. The Hall–Kier alpha value is -2.48. The van der Waals surface area contributed by atoms with E-state index in [-0.39, 0.29) is 6.42 Å². The van der Waals surface area contributed by atoms with Gasteiger partial charge >= 0.3 is 17.4 Å². The molecule has 1 aromatic carbocycles. The lowest BCUT2D eigenvalue weighted by Crippen LogP contribution is -2.35. The maximum atomic E-state index is 11.8. The number of carboxylic acids is 1. The minimum Gasteiger partial charge on any atom is -0.497 e. The van der Waals surface area contributed by atoms with Crippen molar-refractivity contribution < 1.29 is 29.0 Å². The number of rotatable bonds is 5. The molecular weight excluding hydrogens is 376 g/mol. The molecule has 0 radical (unpaired) electrons. The Bertz CT molecular complexity index is 643. The molecule has 1 rings (SSSR count). The van der Waals surface area contributed by atoms with E-state index >= 15 is 0 Å². The topological polar surface area (TPSA) is 105 Å². The summed E-state index contributed by atoms with van der Waals surface area (Å²) in [5.41, 5.74) is -0.00529. The first-order valence-corrected chi connectivity index (χ1v) is 8.45. The minimum absolute atomic E-state index is 0.244. The van der Waals surface area contributed by atoms with Crippen LogP contribution in [0.5, 0.6) is 5.75 Å². The Labute approximate surface area is 164 Å². The van der Waals surface area contributed by atoms with Gasteiger partial charge in [0.25, 0.3) is 0 Å². The van der Waals surface area contributed by atoms with E-state index in [9.17, 15) is 14.4 Å². The van der Waals surface area contributed by atoms with E-state index in [4.69, 9.17) is 26.2 Å². The molecule has 0 bridgehead atoms. The highest BCUT2D eigenvalue weighted by atomic mass is 35.5. The summed E-state index contributed by atoms with van der Waals surface area (Å²) in [5.74, 6) is -0.423. The fourth-order valence-corrected chi connectivity index (χ4v) is 1.73. The highest BCUT2D eigenvalue weighted by molar-refractivity contribution is 6.62. The monoisotopic (exact) mass is 402 g/mol. The Morgan fingerprint density at radius 2 is 1.81 bits per heavy atom. The van der Waals surface area contributed by atoms with Gasteiger partial charge in [0.2, 0.25) is 0 Å². The lowest BCUT2D eigenvalue weighted by molar-refractivity contribution is -0.137. The molecule has 1 unspecified atom stereocenters. The van der Waals surface area contributed by atoms with E-state index in [1.807, 2.05) is 0 Å². The summed E-state index contributed by atoms with van der Waals surface area (Å²) in [6.45, 7) is 5.22. The van der Waals surface area contributed by atoms with E-state index < -0.39 is 29.1 Å². The first-order chi connectivity index (χ1) is 12.4. The molecule has 0 saturated carbocycles. The molecule has 0 aliphatic heterocycles. The average molecular weight is 403 g/mol. The summed E-state index contributed by atoms with van der Waals surface area (Å²) in [5, 5.41) is 11.1. The minimum atomic E-state index is -1.01. The highest BCUT2D eigenvalue weighted by Gasteiger charge is 2.22. The number of carbonyl (C=O) groups excluding carboxylic acids is 2. The number of ether oxygens (including phenoxy) is 2. The molecule has 0 saturated heterocycles. The van der Waals surface area contributed by atoms with Gasteiger partial charge in [-0.1, -0.05) is 12.1 Å². The van der Waals surface area contributed by atoms with Gasteiger partial charge in [0.1, 0.15) is 11.4 Å². The van der Waals surface area contributed by atoms with Crippen molar-refractivity contribution in [1.29, 1.82) is 0 Å². The van der Waals surface area contributed by atoms with Crippen molar-refractivity contribution in [2.75, 3.05) is 21.2 Å². The first-order valence-electron chi connectivity index (χ1n) is 8.07. The Morgan fingerprint density at radius 3 is 2.22 bits per heavy atom. The zero-order chi connectivity index (χ0) is 21.2. The van der Waals surface area contributed by atoms with E-state index in [2.05, 4.69) is 5.32 Å². The number of nitrogens with one attached hydrogen (secondary N) is 1. The van der Waals surface area contributed by atoms with Crippen LogP contribution >= 0.6 is 11.6 Å². The largest absolute Gasteiger partial charge is 0.497 e. The lowest BCUT2D eigenvalue weighted by atomic mass is 10.0. The number of carbonyl (C=O) groups is 3. The van der Waals surface area contributed by atoms with Crippen molar-refractivity contribution in [3.8, 4) is 5.75 Å². The molecule has 0 aliphatic carbocycles. The second-order valence-electron chi connectivity index (χ2n) is 6.72. The first kappa shape index (κ1) is 24.5. The summed E-state index contributed by atoms with van der Waals surface area (Å²) >= 11 is 4.90. The molecule has 0 spiro atoms. The van der Waals surface area contributed by atoms with E-state index in [1.54, 1.807) is 59.1 Å². The molecule has 9 heteroatoms. The summed E-state index contributed by atoms with van der Waals surface area (Å²) in [7, 11) is 4.71. The van der Waals surface area contributed by atoms with Crippen LogP contribution in [0.3, 0.4) is 0 Å². The normalized spacial score (nSPS) is 11.4. The van der Waals surface area contributed by atoms with Crippen LogP contribution in [-0.4, -0.2) is 54.2 Å². The third kappa shape index (κ3) is 11.7. The smallest absolute Gasteiger partial charge is 0.408 e. The van der Waals surface area contributed by atoms with Crippen LogP contribution in [-0.2, 0) is 9.53 Å². The number of halogens is 1. The predicted molar refractivity (Wildman–Crippen MR) is 102 cm³/mol. The van der Waals surface area contributed by atoms with Gasteiger partial charge in [-0.15, -0.1) is 0 Å². The summed E-state index contributed by atoms with van der Waals surface area (Å²) in [6, 6.07) is 6.21. The number of benzene rings is 1. The maximum absolute atomic E-state index is 11.8. The summed E-state index contributed by atoms with van der Waals surface area (Å²) in [4.78, 5) is 33.9. The average Bonchev–Trinajstić information content (AvgIpc) is 2.52. The molecular formula is C18H27ClN2O6. The molecule has 1 atom stereocenters. The van der Waals surface area contributed by atoms with Crippen molar-refractivity contribution in [2.24, 2.45) is 0 Å².